The van der Waals surface area contributed by atoms with E-state index in [2.05, 4.69) is 26.9 Å². The van der Waals surface area contributed by atoms with Crippen molar-refractivity contribution in [3.8, 4) is 0 Å². The van der Waals surface area contributed by atoms with Gasteiger partial charge in [0.15, 0.2) is 0 Å². The van der Waals surface area contributed by atoms with Crippen LogP contribution in [0.2, 0.25) is 0 Å². The molecule has 1 amide bonds. The first kappa shape index (κ1) is 13.9. The lowest BCUT2D eigenvalue weighted by atomic mass is 9.90. The lowest BCUT2D eigenvalue weighted by Crippen LogP contribution is -2.48. The maximum Gasteiger partial charge on any atom is 0.240 e. The molecule has 0 saturated carbocycles. The highest BCUT2D eigenvalue weighted by Gasteiger charge is 2.33. The fourth-order valence-corrected chi connectivity index (χ4v) is 4.26. The van der Waals surface area contributed by atoms with Crippen molar-refractivity contribution in [1.29, 1.82) is 0 Å². The van der Waals surface area contributed by atoms with Crippen LogP contribution in [-0.2, 0) is 4.79 Å². The molecule has 1 atom stereocenters. The molecule has 4 nitrogen and oxygen atoms in total. The summed E-state index contributed by atoms with van der Waals surface area (Å²) in [5.74, 6) is 2.83. The highest BCUT2D eigenvalue weighted by Crippen LogP contribution is 2.29. The Morgan fingerprint density at radius 2 is 2.00 bits per heavy atom. The molecule has 1 aromatic heterocycles. The van der Waals surface area contributed by atoms with E-state index in [1.165, 1.54) is 5.56 Å². The van der Waals surface area contributed by atoms with Crippen LogP contribution in [0.4, 0.5) is 0 Å². The summed E-state index contributed by atoms with van der Waals surface area (Å²) in [6, 6.07) is 4.30. The predicted octanol–water partition coefficient (Wildman–Crippen LogP) is 1.79. The number of pyridine rings is 1. The summed E-state index contributed by atoms with van der Waals surface area (Å²) in [7, 11) is 2.05. The molecule has 2 fully saturated rings. The Hall–Kier alpha value is -1.07. The minimum absolute atomic E-state index is 0.0949. The second-order valence-corrected chi connectivity index (χ2v) is 6.65. The average Bonchev–Trinajstić information content (AvgIpc) is 2.94. The topological polar surface area (TPSA) is 36.4 Å². The molecule has 0 aromatic carbocycles. The SMILES string of the molecule is CN1CSC[C@H]1C(=O)N1CCC(c2ccncc2)CC1. The lowest BCUT2D eigenvalue weighted by molar-refractivity contribution is -0.136. The largest absolute Gasteiger partial charge is 0.341 e. The molecule has 108 valence electrons. The van der Waals surface area contributed by atoms with Crippen molar-refractivity contribution in [1.82, 2.24) is 14.8 Å². The Balaban J connectivity index is 1.57. The molecule has 0 bridgehead atoms. The van der Waals surface area contributed by atoms with Crippen LogP contribution in [0.3, 0.4) is 0 Å². The average molecular weight is 291 g/mol. The van der Waals surface area contributed by atoms with Gasteiger partial charge in [0, 0.05) is 37.1 Å². The van der Waals surface area contributed by atoms with Gasteiger partial charge in [0.25, 0.3) is 0 Å². The van der Waals surface area contributed by atoms with Gasteiger partial charge in [-0.3, -0.25) is 14.7 Å². The van der Waals surface area contributed by atoms with E-state index in [0.717, 1.165) is 37.6 Å². The van der Waals surface area contributed by atoms with Crippen molar-refractivity contribution < 1.29 is 4.79 Å². The van der Waals surface area contributed by atoms with Crippen LogP contribution in [0.25, 0.3) is 0 Å². The van der Waals surface area contributed by atoms with Gasteiger partial charge in [-0.05, 0) is 43.5 Å². The van der Waals surface area contributed by atoms with E-state index in [9.17, 15) is 4.79 Å². The predicted molar refractivity (Wildman–Crippen MR) is 81.7 cm³/mol. The van der Waals surface area contributed by atoms with Crippen molar-refractivity contribution in [2.45, 2.75) is 24.8 Å². The van der Waals surface area contributed by atoms with Crippen molar-refractivity contribution in [2.24, 2.45) is 0 Å². The van der Waals surface area contributed by atoms with Crippen molar-refractivity contribution in [3.63, 3.8) is 0 Å². The highest BCUT2D eigenvalue weighted by molar-refractivity contribution is 7.99. The molecule has 5 heteroatoms. The summed E-state index contributed by atoms with van der Waals surface area (Å²) in [5.41, 5.74) is 1.36. The maximum atomic E-state index is 12.5. The van der Waals surface area contributed by atoms with Crippen LogP contribution in [-0.4, -0.2) is 58.5 Å². The number of nitrogens with zero attached hydrogens (tertiary/aromatic N) is 3. The molecular formula is C15H21N3OS. The van der Waals surface area contributed by atoms with Crippen LogP contribution in [0.5, 0.6) is 0 Å². The molecule has 0 spiro atoms. The number of hydrogen-bond acceptors (Lipinski definition) is 4. The Morgan fingerprint density at radius 1 is 1.30 bits per heavy atom. The summed E-state index contributed by atoms with van der Waals surface area (Å²) in [5, 5.41) is 0. The maximum absolute atomic E-state index is 12.5. The number of thioether (sulfide) groups is 1. The molecule has 1 aromatic rings. The van der Waals surface area contributed by atoms with Crippen LogP contribution in [0, 0.1) is 0 Å². The van der Waals surface area contributed by atoms with Crippen LogP contribution in [0.15, 0.2) is 24.5 Å². The third kappa shape index (κ3) is 2.83. The minimum atomic E-state index is 0.0949. The molecule has 3 heterocycles. The summed E-state index contributed by atoms with van der Waals surface area (Å²) in [4.78, 5) is 20.8. The zero-order valence-corrected chi connectivity index (χ0v) is 12.7. The van der Waals surface area contributed by atoms with Crippen molar-refractivity contribution >= 4 is 17.7 Å². The molecule has 20 heavy (non-hydrogen) atoms. The summed E-state index contributed by atoms with van der Waals surface area (Å²) in [6.45, 7) is 1.78. The molecular weight excluding hydrogens is 270 g/mol. The van der Waals surface area contributed by atoms with Gasteiger partial charge >= 0.3 is 0 Å². The van der Waals surface area contributed by atoms with Crippen LogP contribution in [0.1, 0.15) is 24.3 Å². The fraction of sp³-hybridized carbons (Fsp3) is 0.600. The van der Waals surface area contributed by atoms with Gasteiger partial charge in [-0.15, -0.1) is 11.8 Å². The summed E-state index contributed by atoms with van der Waals surface area (Å²) in [6.07, 6.45) is 5.85. The molecule has 2 aliphatic rings. The number of aromatic nitrogens is 1. The summed E-state index contributed by atoms with van der Waals surface area (Å²) >= 11 is 1.85. The minimum Gasteiger partial charge on any atom is -0.341 e. The van der Waals surface area contributed by atoms with Gasteiger partial charge in [0.1, 0.15) is 0 Å². The smallest absolute Gasteiger partial charge is 0.240 e. The first-order chi connectivity index (χ1) is 9.75. The fourth-order valence-electron chi connectivity index (χ4n) is 3.06. The third-order valence-electron chi connectivity index (χ3n) is 4.37. The Bertz CT molecular complexity index is 459. The van der Waals surface area contributed by atoms with E-state index in [1.807, 2.05) is 31.2 Å². The Morgan fingerprint density at radius 3 is 2.60 bits per heavy atom. The van der Waals surface area contributed by atoms with Gasteiger partial charge in [-0.1, -0.05) is 0 Å². The van der Waals surface area contributed by atoms with Gasteiger partial charge < -0.3 is 4.90 Å². The second-order valence-electron chi connectivity index (χ2n) is 5.65. The number of hydrogen-bond donors (Lipinski definition) is 0. The van der Waals surface area contributed by atoms with E-state index in [4.69, 9.17) is 0 Å². The van der Waals surface area contributed by atoms with E-state index in [1.54, 1.807) is 0 Å². The molecule has 0 aliphatic carbocycles. The van der Waals surface area contributed by atoms with Gasteiger partial charge in [-0.2, -0.15) is 0 Å². The number of carbonyl (C=O) groups excluding carboxylic acids is 1. The van der Waals surface area contributed by atoms with Gasteiger partial charge in [0.2, 0.25) is 5.91 Å². The molecule has 0 radical (unpaired) electrons. The molecule has 0 unspecified atom stereocenters. The number of likely N-dealkylation sites (N-methyl/N-ethyl adjacent to an activating group) is 1. The number of carbonyl (C=O) groups is 1. The molecule has 2 aliphatic heterocycles. The monoisotopic (exact) mass is 291 g/mol. The van der Waals surface area contributed by atoms with E-state index >= 15 is 0 Å². The second kappa shape index (κ2) is 6.14. The lowest BCUT2D eigenvalue weighted by Gasteiger charge is -2.34. The molecule has 2 saturated heterocycles. The first-order valence-corrected chi connectivity index (χ1v) is 8.38. The van der Waals surface area contributed by atoms with Crippen molar-refractivity contribution in [3.05, 3.63) is 30.1 Å². The Kier molecular flexibility index (Phi) is 4.27. The number of rotatable bonds is 2. The first-order valence-electron chi connectivity index (χ1n) is 7.22. The van der Waals surface area contributed by atoms with Gasteiger partial charge in [0.05, 0.1) is 6.04 Å². The molecule has 3 rings (SSSR count). The zero-order chi connectivity index (χ0) is 13.9. The van der Waals surface area contributed by atoms with E-state index in [0.29, 0.717) is 11.8 Å². The number of likely N-dealkylation sites (tertiary alicyclic amines) is 1. The number of piperidine rings is 1. The quantitative estimate of drug-likeness (QED) is 0.832. The standard InChI is InChI=1S/C15H21N3OS/c1-17-11-20-10-14(17)15(19)18-8-4-13(5-9-18)12-2-6-16-7-3-12/h2-3,6-7,13-14H,4-5,8-11H2,1H3/t14-/m0/s1. The third-order valence-corrected chi connectivity index (χ3v) is 5.51. The van der Waals surface area contributed by atoms with Crippen LogP contribution >= 0.6 is 11.8 Å². The highest BCUT2D eigenvalue weighted by atomic mass is 32.2. The van der Waals surface area contributed by atoms with Gasteiger partial charge in [-0.25, -0.2) is 0 Å². The zero-order valence-electron chi connectivity index (χ0n) is 11.9. The van der Waals surface area contributed by atoms with E-state index < -0.39 is 0 Å². The number of amides is 1. The Labute approximate surface area is 124 Å². The summed E-state index contributed by atoms with van der Waals surface area (Å²) < 4.78 is 0. The normalized spacial score (nSPS) is 25.1. The van der Waals surface area contributed by atoms with E-state index in [-0.39, 0.29) is 6.04 Å². The molecule has 0 N–H and O–H groups in total. The van der Waals surface area contributed by atoms with Crippen LogP contribution < -0.4 is 0 Å². The van der Waals surface area contributed by atoms with Crippen molar-refractivity contribution in [2.75, 3.05) is 31.8 Å².